The van der Waals surface area contributed by atoms with Crippen molar-refractivity contribution in [2.45, 2.75) is 13.5 Å². The molecule has 5 heteroatoms. The second-order valence-electron chi connectivity index (χ2n) is 5.02. The number of aryl methyl sites for hydroxylation is 1. The molecule has 0 aliphatic heterocycles. The Morgan fingerprint density at radius 1 is 1.23 bits per heavy atom. The van der Waals surface area contributed by atoms with Crippen LogP contribution in [0, 0.1) is 12.7 Å². The molecule has 2 aromatic carbocycles. The molecule has 2 rings (SSSR count). The molecule has 4 nitrogen and oxygen atoms in total. The minimum absolute atomic E-state index is 0.136. The van der Waals surface area contributed by atoms with Gasteiger partial charge in [0.2, 0.25) is 0 Å². The largest absolute Gasteiger partial charge is 0.395 e. The highest BCUT2D eigenvalue weighted by Gasteiger charge is 2.14. The van der Waals surface area contributed by atoms with Crippen molar-refractivity contribution in [1.29, 1.82) is 0 Å². The first-order valence-electron chi connectivity index (χ1n) is 7.07. The Morgan fingerprint density at radius 2 is 1.95 bits per heavy atom. The molecule has 0 bridgehead atoms. The quantitative estimate of drug-likeness (QED) is 0.891. The van der Waals surface area contributed by atoms with E-state index in [1.807, 2.05) is 30.3 Å². The lowest BCUT2D eigenvalue weighted by molar-refractivity contribution is 0.185. The van der Waals surface area contributed by atoms with E-state index in [2.05, 4.69) is 5.32 Å². The Hall–Kier alpha value is -2.40. The van der Waals surface area contributed by atoms with Gasteiger partial charge >= 0.3 is 6.03 Å². The van der Waals surface area contributed by atoms with Gasteiger partial charge in [-0.2, -0.15) is 0 Å². The summed E-state index contributed by atoms with van der Waals surface area (Å²) in [6.45, 7) is 2.10. The molecule has 0 aromatic heterocycles. The third-order valence-electron chi connectivity index (χ3n) is 3.30. The smallest absolute Gasteiger partial charge is 0.322 e. The van der Waals surface area contributed by atoms with Crippen molar-refractivity contribution in [3.63, 3.8) is 0 Å². The van der Waals surface area contributed by atoms with Crippen LogP contribution in [-0.4, -0.2) is 29.2 Å². The molecule has 22 heavy (non-hydrogen) atoms. The fraction of sp³-hybridized carbons (Fsp3) is 0.235. The fourth-order valence-electron chi connectivity index (χ4n) is 2.05. The second kappa shape index (κ2) is 7.56. The van der Waals surface area contributed by atoms with Gasteiger partial charge in [0.05, 0.1) is 6.61 Å². The summed E-state index contributed by atoms with van der Waals surface area (Å²) in [7, 11) is 0. The predicted octanol–water partition coefficient (Wildman–Crippen LogP) is 3.16. The van der Waals surface area contributed by atoms with E-state index >= 15 is 0 Å². The molecule has 0 fully saturated rings. The number of hydrogen-bond acceptors (Lipinski definition) is 2. The van der Waals surface area contributed by atoms with Crippen LogP contribution in [0.4, 0.5) is 14.9 Å². The van der Waals surface area contributed by atoms with Gasteiger partial charge in [0.1, 0.15) is 5.82 Å². The molecule has 116 valence electrons. The molecule has 2 aromatic rings. The number of amides is 2. The van der Waals surface area contributed by atoms with Crippen LogP contribution in [0.3, 0.4) is 0 Å². The predicted molar refractivity (Wildman–Crippen MR) is 84.1 cm³/mol. The Labute approximate surface area is 129 Å². The minimum atomic E-state index is -0.374. The van der Waals surface area contributed by atoms with E-state index in [9.17, 15) is 9.18 Å². The number of rotatable bonds is 5. The van der Waals surface area contributed by atoms with Crippen molar-refractivity contribution in [2.24, 2.45) is 0 Å². The molecule has 0 unspecified atom stereocenters. The average molecular weight is 302 g/mol. The van der Waals surface area contributed by atoms with Gasteiger partial charge in [-0.1, -0.05) is 36.4 Å². The van der Waals surface area contributed by atoms with Crippen molar-refractivity contribution < 1.29 is 14.3 Å². The van der Waals surface area contributed by atoms with E-state index in [1.165, 1.54) is 11.0 Å². The molecule has 0 saturated heterocycles. The number of carbonyl (C=O) groups excluding carboxylic acids is 1. The molecular formula is C17H19FN2O2. The Balaban J connectivity index is 2.07. The molecule has 0 aliphatic carbocycles. The maximum atomic E-state index is 13.5. The lowest BCUT2D eigenvalue weighted by Gasteiger charge is -2.22. The van der Waals surface area contributed by atoms with E-state index < -0.39 is 0 Å². The van der Waals surface area contributed by atoms with Crippen molar-refractivity contribution in [2.75, 3.05) is 18.5 Å². The van der Waals surface area contributed by atoms with Gasteiger partial charge in [-0.05, 0) is 30.2 Å². The van der Waals surface area contributed by atoms with Crippen LogP contribution in [-0.2, 0) is 6.54 Å². The number of halogens is 1. The molecule has 2 amide bonds. The number of hydrogen-bond donors (Lipinski definition) is 2. The van der Waals surface area contributed by atoms with E-state index in [0.717, 1.165) is 5.56 Å². The summed E-state index contributed by atoms with van der Waals surface area (Å²) in [5.74, 6) is -0.366. The maximum Gasteiger partial charge on any atom is 0.322 e. The summed E-state index contributed by atoms with van der Waals surface area (Å²) in [5.41, 5.74) is 1.87. The first-order valence-corrected chi connectivity index (χ1v) is 7.07. The third-order valence-corrected chi connectivity index (χ3v) is 3.30. The van der Waals surface area contributed by atoms with Crippen LogP contribution < -0.4 is 5.32 Å². The molecule has 0 saturated carbocycles. The average Bonchev–Trinajstić information content (AvgIpc) is 2.51. The first-order chi connectivity index (χ1) is 10.6. The van der Waals surface area contributed by atoms with Crippen LogP contribution in [0.2, 0.25) is 0 Å². The maximum absolute atomic E-state index is 13.5. The van der Waals surface area contributed by atoms with Gasteiger partial charge < -0.3 is 15.3 Å². The summed E-state index contributed by atoms with van der Waals surface area (Å²) in [6.07, 6.45) is 0. The number of aliphatic hydroxyl groups excluding tert-OH is 1. The van der Waals surface area contributed by atoms with E-state index in [4.69, 9.17) is 5.11 Å². The number of nitrogens with one attached hydrogen (secondary N) is 1. The molecule has 0 radical (unpaired) electrons. The summed E-state index contributed by atoms with van der Waals surface area (Å²) in [5, 5.41) is 11.8. The molecule has 0 aliphatic rings. The van der Waals surface area contributed by atoms with Crippen LogP contribution >= 0.6 is 0 Å². The van der Waals surface area contributed by atoms with E-state index in [-0.39, 0.29) is 25.0 Å². The number of aliphatic hydroxyl groups is 1. The molecular weight excluding hydrogens is 283 g/mol. The number of urea groups is 1. The fourth-order valence-corrected chi connectivity index (χ4v) is 2.05. The molecule has 0 atom stereocenters. The summed E-state index contributed by atoms with van der Waals surface area (Å²) >= 11 is 0. The monoisotopic (exact) mass is 302 g/mol. The van der Waals surface area contributed by atoms with Gasteiger partial charge in [-0.15, -0.1) is 0 Å². The van der Waals surface area contributed by atoms with Crippen LogP contribution in [0.15, 0.2) is 48.5 Å². The zero-order chi connectivity index (χ0) is 15.9. The van der Waals surface area contributed by atoms with Gasteiger partial charge in [-0.3, -0.25) is 0 Å². The minimum Gasteiger partial charge on any atom is -0.395 e. The normalized spacial score (nSPS) is 10.3. The van der Waals surface area contributed by atoms with Gasteiger partial charge in [-0.25, -0.2) is 9.18 Å². The standard InChI is InChI=1S/C17H19FN2O2/c1-13-7-8-15(11-16(13)18)19-17(22)20(9-10-21)12-14-5-3-2-4-6-14/h2-8,11,21H,9-10,12H2,1H3,(H,19,22). The number of nitrogens with zero attached hydrogens (tertiary/aromatic N) is 1. The summed E-state index contributed by atoms with van der Waals surface area (Å²) in [4.78, 5) is 13.8. The van der Waals surface area contributed by atoms with Gasteiger partial charge in [0.25, 0.3) is 0 Å². The highest BCUT2D eigenvalue weighted by atomic mass is 19.1. The van der Waals surface area contributed by atoms with Gasteiger partial charge in [0.15, 0.2) is 0 Å². The Bertz CT molecular complexity index is 632. The van der Waals surface area contributed by atoms with Crippen LogP contribution in [0.1, 0.15) is 11.1 Å². The number of anilines is 1. The molecule has 2 N–H and O–H groups in total. The van der Waals surface area contributed by atoms with Crippen molar-refractivity contribution >= 4 is 11.7 Å². The molecule has 0 spiro atoms. The van der Waals surface area contributed by atoms with Crippen LogP contribution in [0.5, 0.6) is 0 Å². The zero-order valence-corrected chi connectivity index (χ0v) is 12.4. The summed E-state index contributed by atoms with van der Waals surface area (Å²) in [6, 6.07) is 13.7. The van der Waals surface area contributed by atoms with E-state index in [1.54, 1.807) is 19.1 Å². The second-order valence-corrected chi connectivity index (χ2v) is 5.02. The first kappa shape index (κ1) is 16.0. The van der Waals surface area contributed by atoms with Crippen molar-refractivity contribution in [3.05, 3.63) is 65.5 Å². The lowest BCUT2D eigenvalue weighted by atomic mass is 10.2. The van der Waals surface area contributed by atoms with Crippen LogP contribution in [0.25, 0.3) is 0 Å². The Morgan fingerprint density at radius 3 is 2.59 bits per heavy atom. The molecule has 0 heterocycles. The highest BCUT2D eigenvalue weighted by molar-refractivity contribution is 5.89. The lowest BCUT2D eigenvalue weighted by Crippen LogP contribution is -2.36. The number of benzene rings is 2. The third kappa shape index (κ3) is 4.30. The van der Waals surface area contributed by atoms with E-state index in [0.29, 0.717) is 17.8 Å². The Kier molecular flexibility index (Phi) is 5.49. The highest BCUT2D eigenvalue weighted by Crippen LogP contribution is 2.15. The topological polar surface area (TPSA) is 52.6 Å². The summed E-state index contributed by atoms with van der Waals surface area (Å²) < 4.78 is 13.5. The van der Waals surface area contributed by atoms with Gasteiger partial charge in [0, 0.05) is 18.8 Å². The zero-order valence-electron chi connectivity index (χ0n) is 12.4. The van der Waals surface area contributed by atoms with Crippen molar-refractivity contribution in [3.8, 4) is 0 Å². The van der Waals surface area contributed by atoms with Crippen molar-refractivity contribution in [1.82, 2.24) is 4.90 Å². The SMILES string of the molecule is Cc1ccc(NC(=O)N(CCO)Cc2ccccc2)cc1F. The number of carbonyl (C=O) groups is 1.